The molecule has 0 saturated heterocycles. The molecule has 1 amide bonds. The minimum Gasteiger partial charge on any atom is -0.494 e. The Bertz CT molecular complexity index is 834. The first kappa shape index (κ1) is 25.2. The van der Waals surface area contributed by atoms with Gasteiger partial charge in [0.15, 0.2) is 11.5 Å². The van der Waals surface area contributed by atoms with Crippen LogP contribution in [0.15, 0.2) is 47.6 Å². The van der Waals surface area contributed by atoms with Crippen LogP contribution in [0.25, 0.3) is 0 Å². The van der Waals surface area contributed by atoms with Gasteiger partial charge in [-0.1, -0.05) is 57.9 Å². The molecule has 0 bridgehead atoms. The second kappa shape index (κ2) is 14.9. The van der Waals surface area contributed by atoms with Crippen LogP contribution in [0.3, 0.4) is 0 Å². The molecule has 2 rings (SSSR count). The smallest absolute Gasteiger partial charge is 0.271 e. The van der Waals surface area contributed by atoms with Gasteiger partial charge in [0.25, 0.3) is 5.91 Å². The number of amides is 1. The molecular weight excluding hydrogens is 404 g/mol. The van der Waals surface area contributed by atoms with Gasteiger partial charge in [-0.3, -0.25) is 4.79 Å². The standard InChI is InChI=1S/C26H36N2O4/c1-4-5-6-7-8-9-10-11-19-32-23-17-15-21(16-18-23)26(29)28-27-20-22-13-12-14-24(30-2)25(22)31-3/h12-18,20H,4-11,19H2,1-3H3,(H,28,29)/b27-20+. The lowest BCUT2D eigenvalue weighted by molar-refractivity contribution is 0.0955. The average molecular weight is 441 g/mol. The van der Waals surface area contributed by atoms with E-state index < -0.39 is 0 Å². The topological polar surface area (TPSA) is 69.2 Å². The number of carbonyl (C=O) groups is 1. The van der Waals surface area contributed by atoms with E-state index in [0.717, 1.165) is 12.2 Å². The highest BCUT2D eigenvalue weighted by Gasteiger charge is 2.08. The van der Waals surface area contributed by atoms with Gasteiger partial charge in [0.1, 0.15) is 5.75 Å². The molecule has 2 aromatic carbocycles. The zero-order valence-electron chi connectivity index (χ0n) is 19.6. The quantitative estimate of drug-likeness (QED) is 0.210. The fourth-order valence-electron chi connectivity index (χ4n) is 3.37. The van der Waals surface area contributed by atoms with Gasteiger partial charge in [-0.25, -0.2) is 5.43 Å². The molecule has 0 spiro atoms. The Balaban J connectivity index is 1.72. The lowest BCUT2D eigenvalue weighted by Gasteiger charge is -2.09. The predicted octanol–water partition coefficient (Wildman–Crippen LogP) is 5.99. The molecular formula is C26H36N2O4. The molecule has 174 valence electrons. The van der Waals surface area contributed by atoms with E-state index >= 15 is 0 Å². The zero-order valence-corrected chi connectivity index (χ0v) is 19.6. The van der Waals surface area contributed by atoms with Crippen LogP contribution in [0.1, 0.15) is 74.2 Å². The summed E-state index contributed by atoms with van der Waals surface area (Å²) < 4.78 is 16.4. The number of rotatable bonds is 15. The molecule has 0 saturated carbocycles. The van der Waals surface area contributed by atoms with Crippen molar-refractivity contribution in [2.45, 2.75) is 58.3 Å². The second-order valence-electron chi connectivity index (χ2n) is 7.63. The molecule has 0 aromatic heterocycles. The Hall–Kier alpha value is -3.02. The van der Waals surface area contributed by atoms with E-state index in [1.54, 1.807) is 32.4 Å². The number of nitrogens with zero attached hydrogens (tertiary/aromatic N) is 1. The minimum atomic E-state index is -0.294. The van der Waals surface area contributed by atoms with Crippen LogP contribution in [0.5, 0.6) is 17.2 Å². The Kier molecular flexibility index (Phi) is 11.7. The average Bonchev–Trinajstić information content (AvgIpc) is 2.83. The van der Waals surface area contributed by atoms with Crippen molar-refractivity contribution >= 4 is 12.1 Å². The summed E-state index contributed by atoms with van der Waals surface area (Å²) in [5.41, 5.74) is 3.75. The SMILES string of the molecule is CCCCCCCCCCOc1ccc(C(=O)N/N=C/c2cccc(OC)c2OC)cc1. The molecule has 0 heterocycles. The summed E-state index contributed by atoms with van der Waals surface area (Å²) in [6.45, 7) is 2.94. The van der Waals surface area contributed by atoms with Crippen LogP contribution in [0.2, 0.25) is 0 Å². The van der Waals surface area contributed by atoms with E-state index in [1.807, 2.05) is 24.3 Å². The van der Waals surface area contributed by atoms with Crippen molar-refractivity contribution < 1.29 is 19.0 Å². The van der Waals surface area contributed by atoms with Gasteiger partial charge in [-0.2, -0.15) is 5.10 Å². The highest BCUT2D eigenvalue weighted by molar-refractivity contribution is 5.95. The minimum absolute atomic E-state index is 0.294. The molecule has 1 N–H and O–H groups in total. The van der Waals surface area contributed by atoms with E-state index in [-0.39, 0.29) is 5.91 Å². The van der Waals surface area contributed by atoms with Gasteiger partial charge in [0, 0.05) is 11.1 Å². The number of ether oxygens (including phenoxy) is 3. The van der Waals surface area contributed by atoms with Crippen molar-refractivity contribution in [3.05, 3.63) is 53.6 Å². The van der Waals surface area contributed by atoms with Gasteiger partial charge in [-0.05, 0) is 42.8 Å². The van der Waals surface area contributed by atoms with Crippen molar-refractivity contribution in [1.29, 1.82) is 0 Å². The molecule has 0 atom stereocenters. The number of hydrogen-bond acceptors (Lipinski definition) is 5. The van der Waals surface area contributed by atoms with E-state index in [4.69, 9.17) is 14.2 Å². The first-order chi connectivity index (χ1) is 15.7. The summed E-state index contributed by atoms with van der Waals surface area (Å²) in [6.07, 6.45) is 11.7. The number of unbranched alkanes of at least 4 members (excludes halogenated alkanes) is 7. The maximum atomic E-state index is 12.3. The molecule has 0 aliphatic rings. The van der Waals surface area contributed by atoms with E-state index in [1.165, 1.54) is 51.2 Å². The monoisotopic (exact) mass is 440 g/mol. The Labute approximate surface area is 192 Å². The maximum absolute atomic E-state index is 12.3. The van der Waals surface area contributed by atoms with Crippen LogP contribution in [-0.2, 0) is 0 Å². The lowest BCUT2D eigenvalue weighted by atomic mass is 10.1. The van der Waals surface area contributed by atoms with Crippen LogP contribution in [0, 0.1) is 0 Å². The molecule has 2 aromatic rings. The molecule has 0 radical (unpaired) electrons. The number of carbonyl (C=O) groups excluding carboxylic acids is 1. The van der Waals surface area contributed by atoms with E-state index in [0.29, 0.717) is 29.2 Å². The van der Waals surface area contributed by atoms with Crippen LogP contribution >= 0.6 is 0 Å². The first-order valence-corrected chi connectivity index (χ1v) is 11.5. The predicted molar refractivity (Wildman–Crippen MR) is 129 cm³/mol. The number of nitrogens with one attached hydrogen (secondary N) is 1. The van der Waals surface area contributed by atoms with Gasteiger partial charge < -0.3 is 14.2 Å². The van der Waals surface area contributed by atoms with E-state index in [9.17, 15) is 4.79 Å². The molecule has 0 fully saturated rings. The first-order valence-electron chi connectivity index (χ1n) is 11.5. The van der Waals surface area contributed by atoms with Gasteiger partial charge in [0.05, 0.1) is 27.0 Å². The van der Waals surface area contributed by atoms with Crippen molar-refractivity contribution in [2.75, 3.05) is 20.8 Å². The summed E-state index contributed by atoms with van der Waals surface area (Å²) in [7, 11) is 3.13. The normalized spacial score (nSPS) is 10.8. The fourth-order valence-corrected chi connectivity index (χ4v) is 3.37. The van der Waals surface area contributed by atoms with E-state index in [2.05, 4.69) is 17.5 Å². The molecule has 6 heteroatoms. The summed E-state index contributed by atoms with van der Waals surface area (Å²) in [6, 6.07) is 12.6. The van der Waals surface area contributed by atoms with Crippen LogP contribution in [-0.4, -0.2) is 32.9 Å². The third kappa shape index (κ3) is 8.61. The molecule has 32 heavy (non-hydrogen) atoms. The van der Waals surface area contributed by atoms with Crippen molar-refractivity contribution in [3.63, 3.8) is 0 Å². The van der Waals surface area contributed by atoms with Crippen LogP contribution in [0.4, 0.5) is 0 Å². The Morgan fingerprint density at radius 2 is 1.59 bits per heavy atom. The number of benzene rings is 2. The molecule has 0 aliphatic carbocycles. The van der Waals surface area contributed by atoms with Crippen molar-refractivity contribution in [1.82, 2.24) is 5.43 Å². The fraction of sp³-hybridized carbons (Fsp3) is 0.462. The maximum Gasteiger partial charge on any atom is 0.271 e. The van der Waals surface area contributed by atoms with Crippen molar-refractivity contribution in [2.24, 2.45) is 5.10 Å². The van der Waals surface area contributed by atoms with Gasteiger partial charge >= 0.3 is 0 Å². The third-order valence-corrected chi connectivity index (χ3v) is 5.19. The molecule has 0 aliphatic heterocycles. The second-order valence-corrected chi connectivity index (χ2v) is 7.63. The van der Waals surface area contributed by atoms with Gasteiger partial charge in [-0.15, -0.1) is 0 Å². The summed E-state index contributed by atoms with van der Waals surface area (Å²) >= 11 is 0. The number of hydrazone groups is 1. The van der Waals surface area contributed by atoms with Crippen molar-refractivity contribution in [3.8, 4) is 17.2 Å². The molecule has 0 unspecified atom stereocenters. The summed E-state index contributed by atoms with van der Waals surface area (Å²) in [5, 5.41) is 4.03. The van der Waals surface area contributed by atoms with Gasteiger partial charge in [0.2, 0.25) is 0 Å². The highest BCUT2D eigenvalue weighted by atomic mass is 16.5. The Morgan fingerprint density at radius 1 is 0.906 bits per heavy atom. The lowest BCUT2D eigenvalue weighted by Crippen LogP contribution is -2.17. The summed E-state index contributed by atoms with van der Waals surface area (Å²) in [5.74, 6) is 1.64. The zero-order chi connectivity index (χ0) is 23.0. The number of hydrogen-bond donors (Lipinski definition) is 1. The van der Waals surface area contributed by atoms with Crippen LogP contribution < -0.4 is 19.6 Å². The summed E-state index contributed by atoms with van der Waals surface area (Å²) in [4.78, 5) is 12.3. The number of para-hydroxylation sites is 1. The Morgan fingerprint density at radius 3 is 2.25 bits per heavy atom. The third-order valence-electron chi connectivity index (χ3n) is 5.19. The number of methoxy groups -OCH3 is 2. The highest BCUT2D eigenvalue weighted by Crippen LogP contribution is 2.29. The molecule has 6 nitrogen and oxygen atoms in total. The largest absolute Gasteiger partial charge is 0.494 e.